The minimum absolute atomic E-state index is 0.878. The van der Waals surface area contributed by atoms with E-state index in [9.17, 15) is 0 Å². The number of hydrogen-bond acceptors (Lipinski definition) is 0. The first-order valence-electron chi connectivity index (χ1n) is 6.04. The van der Waals surface area contributed by atoms with Crippen LogP contribution in [0.3, 0.4) is 0 Å². The van der Waals surface area contributed by atoms with Crippen molar-refractivity contribution in [2.24, 2.45) is 29.6 Å². The Kier molecular flexibility index (Phi) is 3.82. The molecule has 0 aromatic carbocycles. The van der Waals surface area contributed by atoms with Gasteiger partial charge in [-0.1, -0.05) is 47.5 Å². The lowest BCUT2D eigenvalue weighted by Gasteiger charge is -2.41. The molecule has 1 saturated carbocycles. The van der Waals surface area contributed by atoms with Gasteiger partial charge in [0.1, 0.15) is 0 Å². The molecule has 1 aliphatic carbocycles. The molecule has 0 aliphatic heterocycles. The third-order valence-electron chi connectivity index (χ3n) is 3.97. The molecule has 3 atom stereocenters. The van der Waals surface area contributed by atoms with Crippen molar-refractivity contribution in [3.63, 3.8) is 0 Å². The lowest BCUT2D eigenvalue weighted by atomic mass is 9.64. The van der Waals surface area contributed by atoms with Gasteiger partial charge in [-0.3, -0.25) is 0 Å². The summed E-state index contributed by atoms with van der Waals surface area (Å²) in [5.41, 5.74) is 0. The highest BCUT2D eigenvalue weighted by Gasteiger charge is 2.33. The summed E-state index contributed by atoms with van der Waals surface area (Å²) in [4.78, 5) is 0. The zero-order chi connectivity index (χ0) is 10.0. The van der Waals surface area contributed by atoms with E-state index in [4.69, 9.17) is 0 Å². The molecule has 0 bridgehead atoms. The Balaban J connectivity index is 2.68. The monoisotopic (exact) mass is 182 g/mol. The van der Waals surface area contributed by atoms with Gasteiger partial charge in [0, 0.05) is 0 Å². The summed E-state index contributed by atoms with van der Waals surface area (Å²) in [6, 6.07) is 0. The van der Waals surface area contributed by atoms with Gasteiger partial charge in [0.25, 0.3) is 0 Å². The highest BCUT2D eigenvalue weighted by atomic mass is 14.4. The van der Waals surface area contributed by atoms with Crippen molar-refractivity contribution in [2.45, 2.75) is 53.9 Å². The Bertz CT molecular complexity index is 146. The van der Waals surface area contributed by atoms with Crippen molar-refractivity contribution >= 4 is 0 Å². The van der Waals surface area contributed by atoms with Crippen LogP contribution in [-0.4, -0.2) is 0 Å². The second kappa shape index (κ2) is 4.48. The Labute approximate surface area is 84.1 Å². The van der Waals surface area contributed by atoms with Crippen LogP contribution < -0.4 is 0 Å². The molecule has 0 nitrogen and oxygen atoms in total. The number of rotatable bonds is 2. The Morgan fingerprint density at radius 2 is 1.54 bits per heavy atom. The predicted molar refractivity (Wildman–Crippen MR) is 59.7 cm³/mol. The van der Waals surface area contributed by atoms with Crippen molar-refractivity contribution in [1.82, 2.24) is 0 Å². The molecule has 0 radical (unpaired) electrons. The molecule has 13 heavy (non-hydrogen) atoms. The fourth-order valence-electron chi connectivity index (χ4n) is 3.41. The Hall–Kier alpha value is 0. The van der Waals surface area contributed by atoms with Crippen LogP contribution in [0, 0.1) is 29.6 Å². The van der Waals surface area contributed by atoms with E-state index in [0.717, 1.165) is 29.6 Å². The Morgan fingerprint density at radius 1 is 0.923 bits per heavy atom. The maximum absolute atomic E-state index is 2.46. The van der Waals surface area contributed by atoms with Crippen LogP contribution in [0.4, 0.5) is 0 Å². The fraction of sp³-hybridized carbons (Fsp3) is 1.00. The smallest absolute Gasteiger partial charge is 0.0334 e. The lowest BCUT2D eigenvalue weighted by Crippen LogP contribution is -2.33. The summed E-state index contributed by atoms with van der Waals surface area (Å²) in [6.45, 7) is 12.1. The van der Waals surface area contributed by atoms with Crippen LogP contribution in [0.2, 0.25) is 0 Å². The van der Waals surface area contributed by atoms with Gasteiger partial charge in [0.05, 0.1) is 0 Å². The predicted octanol–water partition coefficient (Wildman–Crippen LogP) is 4.35. The normalized spacial score (nSPS) is 35.8. The molecule has 1 fully saturated rings. The van der Waals surface area contributed by atoms with Crippen molar-refractivity contribution < 1.29 is 0 Å². The molecular weight excluding hydrogens is 156 g/mol. The summed E-state index contributed by atoms with van der Waals surface area (Å²) < 4.78 is 0. The molecule has 0 spiro atoms. The largest absolute Gasteiger partial charge is 0.0625 e. The van der Waals surface area contributed by atoms with E-state index in [0.29, 0.717) is 0 Å². The second-order valence-corrected chi connectivity index (χ2v) is 5.64. The van der Waals surface area contributed by atoms with Crippen LogP contribution in [-0.2, 0) is 0 Å². The van der Waals surface area contributed by atoms with Gasteiger partial charge in [-0.25, -0.2) is 0 Å². The topological polar surface area (TPSA) is 0 Å². The third-order valence-corrected chi connectivity index (χ3v) is 3.97. The van der Waals surface area contributed by atoms with Gasteiger partial charge in [-0.05, 0) is 36.0 Å². The third kappa shape index (κ3) is 2.48. The maximum atomic E-state index is 2.46. The van der Waals surface area contributed by atoms with E-state index in [1.807, 2.05) is 0 Å². The van der Waals surface area contributed by atoms with Crippen LogP contribution >= 0.6 is 0 Å². The van der Waals surface area contributed by atoms with Crippen LogP contribution in [0.5, 0.6) is 0 Å². The molecule has 1 rings (SSSR count). The van der Waals surface area contributed by atoms with Crippen LogP contribution in [0.25, 0.3) is 0 Å². The first kappa shape index (κ1) is 11.1. The molecule has 0 aromatic rings. The van der Waals surface area contributed by atoms with E-state index < -0.39 is 0 Å². The lowest BCUT2D eigenvalue weighted by molar-refractivity contribution is 0.0832. The molecule has 0 heteroatoms. The summed E-state index contributed by atoms with van der Waals surface area (Å²) in [5.74, 6) is 4.69. The molecule has 3 unspecified atom stereocenters. The highest BCUT2D eigenvalue weighted by molar-refractivity contribution is 4.83. The maximum Gasteiger partial charge on any atom is -0.0334 e. The molecular formula is C13H26. The van der Waals surface area contributed by atoms with E-state index >= 15 is 0 Å². The Morgan fingerprint density at radius 3 is 1.92 bits per heavy atom. The molecule has 1 aliphatic rings. The van der Waals surface area contributed by atoms with Crippen molar-refractivity contribution in [1.29, 1.82) is 0 Å². The van der Waals surface area contributed by atoms with E-state index in [-0.39, 0.29) is 0 Å². The molecule has 0 heterocycles. The average Bonchev–Trinajstić information content (AvgIpc) is 2.02. The van der Waals surface area contributed by atoms with Crippen molar-refractivity contribution in [3.05, 3.63) is 0 Å². The zero-order valence-corrected chi connectivity index (χ0v) is 10.0. The summed E-state index contributed by atoms with van der Waals surface area (Å²) in [5, 5.41) is 0. The fourth-order valence-corrected chi connectivity index (χ4v) is 3.41. The first-order valence-corrected chi connectivity index (χ1v) is 6.04. The standard InChI is InChI=1S/C13H26/c1-9(2)12-8-6-7-11(5)13(12)10(3)4/h9-13H,6-8H2,1-5H3. The molecule has 78 valence electrons. The SMILES string of the molecule is CC(C)C1CCCC(C)C1C(C)C. The van der Waals surface area contributed by atoms with Crippen molar-refractivity contribution in [2.75, 3.05) is 0 Å². The number of hydrogen-bond donors (Lipinski definition) is 0. The highest BCUT2D eigenvalue weighted by Crippen LogP contribution is 2.42. The molecule has 0 N–H and O–H groups in total. The zero-order valence-electron chi connectivity index (χ0n) is 10.0. The molecule has 0 amide bonds. The minimum Gasteiger partial charge on any atom is -0.0625 e. The second-order valence-electron chi connectivity index (χ2n) is 5.64. The average molecular weight is 182 g/mol. The van der Waals surface area contributed by atoms with Gasteiger partial charge in [0.15, 0.2) is 0 Å². The van der Waals surface area contributed by atoms with Gasteiger partial charge >= 0.3 is 0 Å². The summed E-state index contributed by atoms with van der Waals surface area (Å²) >= 11 is 0. The van der Waals surface area contributed by atoms with Gasteiger partial charge in [-0.2, -0.15) is 0 Å². The van der Waals surface area contributed by atoms with Crippen LogP contribution in [0.15, 0.2) is 0 Å². The van der Waals surface area contributed by atoms with E-state index in [1.54, 1.807) is 0 Å². The van der Waals surface area contributed by atoms with Crippen molar-refractivity contribution in [3.8, 4) is 0 Å². The van der Waals surface area contributed by atoms with Gasteiger partial charge < -0.3 is 0 Å². The van der Waals surface area contributed by atoms with E-state index in [1.165, 1.54) is 19.3 Å². The summed E-state index contributed by atoms with van der Waals surface area (Å²) in [6.07, 6.45) is 4.41. The molecule has 0 saturated heterocycles. The molecule has 0 aromatic heterocycles. The first-order chi connectivity index (χ1) is 6.04. The van der Waals surface area contributed by atoms with E-state index in [2.05, 4.69) is 34.6 Å². The minimum atomic E-state index is 0.878. The van der Waals surface area contributed by atoms with Gasteiger partial charge in [0.2, 0.25) is 0 Å². The summed E-state index contributed by atoms with van der Waals surface area (Å²) in [7, 11) is 0. The van der Waals surface area contributed by atoms with Gasteiger partial charge in [-0.15, -0.1) is 0 Å². The quantitative estimate of drug-likeness (QED) is 0.595. The van der Waals surface area contributed by atoms with Crippen LogP contribution in [0.1, 0.15) is 53.9 Å².